The van der Waals surface area contributed by atoms with Crippen molar-refractivity contribution in [3.8, 4) is 0 Å². The molecule has 0 amide bonds. The number of likely N-dealkylation sites (N-methyl/N-ethyl adjacent to an activating group) is 1. The highest BCUT2D eigenvalue weighted by Crippen LogP contribution is 2.40. The number of rotatable bonds is 5. The normalized spacial score (nSPS) is 22.2. The summed E-state index contributed by atoms with van der Waals surface area (Å²) in [5, 5.41) is 12.1. The van der Waals surface area contributed by atoms with E-state index in [4.69, 9.17) is 4.74 Å². The predicted molar refractivity (Wildman–Crippen MR) is 99.2 cm³/mol. The van der Waals surface area contributed by atoms with Gasteiger partial charge in [-0.15, -0.1) is 0 Å². The van der Waals surface area contributed by atoms with Crippen molar-refractivity contribution >= 4 is 22.6 Å². The molecule has 1 saturated carbocycles. The van der Waals surface area contributed by atoms with Gasteiger partial charge in [0.1, 0.15) is 17.1 Å². The number of nitrogens with one attached hydrogen (secondary N) is 1. The molecule has 1 saturated heterocycles. The molecule has 7 nitrogen and oxygen atoms in total. The molecule has 28 heavy (non-hydrogen) atoms. The maximum atomic E-state index is 15.6. The van der Waals surface area contributed by atoms with E-state index in [9.17, 15) is 19.1 Å². The maximum Gasteiger partial charge on any atom is 0.341 e. The number of nitrogens with zero attached hydrogens (tertiary/aromatic N) is 2. The molecule has 1 aliphatic carbocycles. The summed E-state index contributed by atoms with van der Waals surface area (Å²) in [6, 6.07) is 0.763. The highest BCUT2D eigenvalue weighted by atomic mass is 19.1. The molecule has 0 radical (unpaired) electrons. The summed E-state index contributed by atoms with van der Waals surface area (Å²) in [5.74, 6) is -3.15. The first-order valence-electron chi connectivity index (χ1n) is 9.12. The number of methoxy groups -OCH3 is 1. The van der Waals surface area contributed by atoms with Gasteiger partial charge in [-0.3, -0.25) is 4.79 Å². The lowest BCUT2D eigenvalue weighted by Gasteiger charge is -2.22. The minimum atomic E-state index is -1.41. The molecular weight excluding hydrogens is 372 g/mol. The van der Waals surface area contributed by atoms with Crippen molar-refractivity contribution in [1.29, 1.82) is 0 Å². The first kappa shape index (κ1) is 18.8. The van der Waals surface area contributed by atoms with Gasteiger partial charge in [0.05, 0.1) is 23.0 Å². The van der Waals surface area contributed by atoms with Crippen molar-refractivity contribution < 1.29 is 23.4 Å². The number of carboxylic acid groups (broad SMARTS) is 1. The van der Waals surface area contributed by atoms with Crippen LogP contribution in [-0.4, -0.2) is 55.0 Å². The summed E-state index contributed by atoms with van der Waals surface area (Å²) < 4.78 is 37.3. The molecule has 2 fully saturated rings. The van der Waals surface area contributed by atoms with Crippen LogP contribution in [0.3, 0.4) is 0 Å². The van der Waals surface area contributed by atoms with Crippen molar-refractivity contribution in [3.63, 3.8) is 0 Å². The first-order chi connectivity index (χ1) is 13.4. The predicted octanol–water partition coefficient (Wildman–Crippen LogP) is 1.74. The number of hydrogen-bond donors (Lipinski definition) is 2. The van der Waals surface area contributed by atoms with E-state index in [1.807, 2.05) is 0 Å². The number of benzene rings is 1. The zero-order valence-corrected chi connectivity index (χ0v) is 15.5. The molecule has 0 spiro atoms. The lowest BCUT2D eigenvalue weighted by molar-refractivity contribution is 0.0694. The second kappa shape index (κ2) is 6.82. The number of aromatic nitrogens is 1. The first-order valence-corrected chi connectivity index (χ1v) is 9.12. The van der Waals surface area contributed by atoms with Gasteiger partial charge in [-0.1, -0.05) is 0 Å². The Morgan fingerprint density at radius 3 is 2.57 bits per heavy atom. The maximum absolute atomic E-state index is 15.6. The molecule has 2 N–H and O–H groups in total. The third-order valence-electron chi connectivity index (χ3n) is 5.61. The Bertz CT molecular complexity index is 1010. The van der Waals surface area contributed by atoms with E-state index in [0.717, 1.165) is 18.9 Å². The van der Waals surface area contributed by atoms with Crippen molar-refractivity contribution in [2.45, 2.75) is 31.0 Å². The molecule has 1 aliphatic heterocycles. The number of ether oxygens (including phenoxy) is 1. The Labute approximate surface area is 159 Å². The minimum absolute atomic E-state index is 0.0456. The zero-order valence-electron chi connectivity index (χ0n) is 15.5. The lowest BCUT2D eigenvalue weighted by Crippen LogP contribution is -2.37. The quantitative estimate of drug-likeness (QED) is 0.805. The highest BCUT2D eigenvalue weighted by Gasteiger charge is 2.36. The Morgan fingerprint density at radius 1 is 1.32 bits per heavy atom. The summed E-state index contributed by atoms with van der Waals surface area (Å²) in [7, 11) is 3.30. The van der Waals surface area contributed by atoms with Crippen LogP contribution in [-0.2, 0) is 4.74 Å². The molecule has 2 aromatic rings. The summed E-state index contributed by atoms with van der Waals surface area (Å²) in [6.07, 6.45) is 2.44. The van der Waals surface area contributed by atoms with Gasteiger partial charge < -0.3 is 24.6 Å². The number of hydrogen-bond acceptors (Lipinski definition) is 5. The van der Waals surface area contributed by atoms with Crippen molar-refractivity contribution in [1.82, 2.24) is 9.88 Å². The number of pyridine rings is 1. The fourth-order valence-electron chi connectivity index (χ4n) is 3.99. The number of aromatic carboxylic acids is 1. The van der Waals surface area contributed by atoms with E-state index in [2.05, 4.69) is 5.32 Å². The van der Waals surface area contributed by atoms with E-state index < -0.39 is 28.6 Å². The van der Waals surface area contributed by atoms with Crippen LogP contribution in [0.25, 0.3) is 10.9 Å². The van der Waals surface area contributed by atoms with E-state index in [1.54, 1.807) is 19.1 Å². The molecule has 2 atom stereocenters. The lowest BCUT2D eigenvalue weighted by atomic mass is 10.1. The number of halogens is 2. The standard InChI is InChI=1S/C19H21F2N3O4/c1-22-13-7-23(8-14(13)28-2)17-12(20)5-10-16(15(17)21)24(9-3-4-9)6-11(18(10)25)19(26)27/h5-6,9,13-14,22H,3-4,7-8H2,1-2H3,(H,26,27)/t13-,14+/m1/s1. The summed E-state index contributed by atoms with van der Waals surface area (Å²) in [4.78, 5) is 25.5. The molecule has 0 bridgehead atoms. The second-order valence-electron chi connectivity index (χ2n) is 7.31. The number of carbonyl (C=O) groups is 1. The van der Waals surface area contributed by atoms with Gasteiger partial charge in [0, 0.05) is 32.4 Å². The Hall–Kier alpha value is -2.52. The number of anilines is 1. The monoisotopic (exact) mass is 393 g/mol. The molecule has 0 unspecified atom stereocenters. The Kier molecular flexibility index (Phi) is 4.59. The van der Waals surface area contributed by atoms with Crippen LogP contribution < -0.4 is 15.6 Å². The van der Waals surface area contributed by atoms with E-state index >= 15 is 4.39 Å². The largest absolute Gasteiger partial charge is 0.477 e. The minimum Gasteiger partial charge on any atom is -0.477 e. The number of fused-ring (bicyclic) bond motifs is 1. The van der Waals surface area contributed by atoms with E-state index in [1.165, 1.54) is 10.8 Å². The zero-order chi connectivity index (χ0) is 20.2. The number of carboxylic acids is 1. The van der Waals surface area contributed by atoms with E-state index in [-0.39, 0.29) is 34.8 Å². The highest BCUT2D eigenvalue weighted by molar-refractivity contribution is 5.94. The summed E-state index contributed by atoms with van der Waals surface area (Å²) in [6.45, 7) is 0.636. The average Bonchev–Trinajstić information content (AvgIpc) is 3.42. The van der Waals surface area contributed by atoms with Crippen LogP contribution in [0.5, 0.6) is 0 Å². The van der Waals surface area contributed by atoms with Crippen LogP contribution >= 0.6 is 0 Å². The van der Waals surface area contributed by atoms with Gasteiger partial charge in [0.15, 0.2) is 5.82 Å². The topological polar surface area (TPSA) is 83.8 Å². The molecule has 9 heteroatoms. The average molecular weight is 393 g/mol. The Morgan fingerprint density at radius 2 is 2.04 bits per heavy atom. The van der Waals surface area contributed by atoms with Gasteiger partial charge in [-0.05, 0) is 26.0 Å². The van der Waals surface area contributed by atoms with Crippen molar-refractivity contribution in [2.75, 3.05) is 32.1 Å². The molecule has 2 aliphatic rings. The van der Waals surface area contributed by atoms with Crippen LogP contribution in [0.4, 0.5) is 14.5 Å². The smallest absolute Gasteiger partial charge is 0.341 e. The van der Waals surface area contributed by atoms with Gasteiger partial charge in [-0.25, -0.2) is 13.6 Å². The summed E-state index contributed by atoms with van der Waals surface area (Å²) in [5.41, 5.74) is -1.63. The van der Waals surface area contributed by atoms with Crippen LogP contribution in [0, 0.1) is 11.6 Å². The van der Waals surface area contributed by atoms with Crippen LogP contribution in [0.2, 0.25) is 0 Å². The summed E-state index contributed by atoms with van der Waals surface area (Å²) >= 11 is 0. The van der Waals surface area contributed by atoms with Crippen molar-refractivity contribution in [3.05, 3.63) is 39.7 Å². The van der Waals surface area contributed by atoms with E-state index in [0.29, 0.717) is 13.1 Å². The molecule has 150 valence electrons. The molecular formula is C19H21F2N3O4. The molecule has 2 heterocycles. The van der Waals surface area contributed by atoms with Gasteiger partial charge in [0.25, 0.3) is 0 Å². The van der Waals surface area contributed by atoms with Gasteiger partial charge in [0.2, 0.25) is 5.43 Å². The SMILES string of the molecule is CN[C@@H]1CN(c2c(F)cc3c(=O)c(C(=O)O)cn(C4CC4)c3c2F)C[C@@H]1OC. The third-order valence-corrected chi connectivity index (χ3v) is 5.61. The molecule has 1 aromatic carbocycles. The fourth-order valence-corrected chi connectivity index (χ4v) is 3.99. The van der Waals surface area contributed by atoms with Gasteiger partial charge >= 0.3 is 5.97 Å². The molecule has 1 aromatic heterocycles. The second-order valence-corrected chi connectivity index (χ2v) is 7.31. The van der Waals surface area contributed by atoms with Crippen LogP contribution in [0.15, 0.2) is 17.1 Å². The van der Waals surface area contributed by atoms with Crippen LogP contribution in [0.1, 0.15) is 29.2 Å². The third kappa shape index (κ3) is 2.85. The Balaban J connectivity index is 1.93. The van der Waals surface area contributed by atoms with Gasteiger partial charge in [-0.2, -0.15) is 0 Å². The fraction of sp³-hybridized carbons (Fsp3) is 0.474. The van der Waals surface area contributed by atoms with Crippen molar-refractivity contribution in [2.24, 2.45) is 0 Å². The molecule has 4 rings (SSSR count).